The number of hydrogen-bond donors (Lipinski definition) is 1. The number of rotatable bonds is 8. The molecule has 0 aliphatic rings. The summed E-state index contributed by atoms with van der Waals surface area (Å²) in [6.07, 6.45) is 5.15. The summed E-state index contributed by atoms with van der Waals surface area (Å²) in [4.78, 5) is 4.62. The monoisotopic (exact) mass is 436 g/mol. The fraction of sp³-hybridized carbons (Fsp3) is 0.350. The van der Waals surface area contributed by atoms with Gasteiger partial charge in [0.2, 0.25) is 0 Å². The second kappa shape index (κ2) is 8.82. The molecule has 0 spiro atoms. The Morgan fingerprint density at radius 3 is 2.50 bits per heavy atom. The van der Waals surface area contributed by atoms with Crippen LogP contribution in [0.5, 0.6) is 5.75 Å². The Hall–Kier alpha value is -1.66. The van der Waals surface area contributed by atoms with Crippen molar-refractivity contribution in [1.82, 2.24) is 4.98 Å². The van der Waals surface area contributed by atoms with E-state index in [9.17, 15) is 4.39 Å². The third kappa shape index (κ3) is 4.95. The predicted octanol–water partition coefficient (Wildman–Crippen LogP) is 5.66. The lowest BCUT2D eigenvalue weighted by Gasteiger charge is -2.23. The summed E-state index contributed by atoms with van der Waals surface area (Å²) in [5.41, 5.74) is 1.62. The quantitative estimate of drug-likeness (QED) is 0.428. The first-order chi connectivity index (χ1) is 12.3. The SMILES string of the molecule is C=CCC[C@@H](Nc1ccc(OC)cc1)c1ncc([Si](C)(C)C)c(F)c1Br. The Kier molecular flexibility index (Phi) is 7.00. The highest BCUT2D eigenvalue weighted by Gasteiger charge is 2.26. The minimum Gasteiger partial charge on any atom is -0.497 e. The van der Waals surface area contributed by atoms with Gasteiger partial charge in [-0.3, -0.25) is 4.98 Å². The molecule has 0 amide bonds. The van der Waals surface area contributed by atoms with Gasteiger partial charge in [-0.2, -0.15) is 0 Å². The van der Waals surface area contributed by atoms with Gasteiger partial charge < -0.3 is 10.1 Å². The first-order valence-electron chi connectivity index (χ1n) is 8.63. The topological polar surface area (TPSA) is 34.1 Å². The van der Waals surface area contributed by atoms with Crippen LogP contribution in [0.4, 0.5) is 10.1 Å². The van der Waals surface area contributed by atoms with Crippen molar-refractivity contribution in [3.8, 4) is 5.75 Å². The Morgan fingerprint density at radius 1 is 1.31 bits per heavy atom. The molecule has 0 fully saturated rings. The molecule has 0 saturated heterocycles. The number of benzene rings is 1. The number of anilines is 1. The number of halogens is 2. The van der Waals surface area contributed by atoms with Crippen LogP contribution in [0.2, 0.25) is 19.6 Å². The number of aromatic nitrogens is 1. The van der Waals surface area contributed by atoms with Gasteiger partial charge in [0.25, 0.3) is 0 Å². The molecule has 1 heterocycles. The van der Waals surface area contributed by atoms with Gasteiger partial charge in [-0.25, -0.2) is 4.39 Å². The van der Waals surface area contributed by atoms with Gasteiger partial charge in [-0.1, -0.05) is 25.7 Å². The van der Waals surface area contributed by atoms with Crippen molar-refractivity contribution in [2.75, 3.05) is 12.4 Å². The zero-order valence-corrected chi connectivity index (χ0v) is 18.4. The number of nitrogens with zero attached hydrogens (tertiary/aromatic N) is 1. The summed E-state index contributed by atoms with van der Waals surface area (Å²) in [5.74, 6) is 0.609. The highest BCUT2D eigenvalue weighted by molar-refractivity contribution is 9.10. The van der Waals surface area contributed by atoms with Crippen molar-refractivity contribution in [1.29, 1.82) is 0 Å². The number of allylic oxidation sites excluding steroid dienone is 1. The third-order valence-electron chi connectivity index (χ3n) is 4.22. The van der Waals surface area contributed by atoms with Gasteiger partial charge in [-0.05, 0) is 58.2 Å². The van der Waals surface area contributed by atoms with Crippen molar-refractivity contribution < 1.29 is 9.13 Å². The average Bonchev–Trinajstić information content (AvgIpc) is 2.60. The molecule has 2 rings (SSSR count). The van der Waals surface area contributed by atoms with E-state index in [0.29, 0.717) is 10.2 Å². The highest BCUT2D eigenvalue weighted by Crippen LogP contribution is 2.30. The van der Waals surface area contributed by atoms with Crippen LogP contribution in [-0.2, 0) is 0 Å². The van der Waals surface area contributed by atoms with E-state index in [1.54, 1.807) is 13.3 Å². The lowest BCUT2D eigenvalue weighted by molar-refractivity contribution is 0.415. The molecule has 140 valence electrons. The Balaban J connectivity index is 2.36. The minimum absolute atomic E-state index is 0.124. The standard InChI is InChI=1S/C20H26BrFN2OSi/c1-6-7-8-16(24-14-9-11-15(25-2)12-10-14)20-18(21)19(22)17(13-23-20)26(3,4)5/h6,9-13,16,24H,1,7-8H2,2-5H3/t16-/m1/s1. The predicted molar refractivity (Wildman–Crippen MR) is 114 cm³/mol. The Morgan fingerprint density at radius 2 is 1.96 bits per heavy atom. The van der Waals surface area contributed by atoms with Crippen LogP contribution in [0, 0.1) is 5.82 Å². The van der Waals surface area contributed by atoms with E-state index >= 15 is 0 Å². The molecular formula is C20H26BrFN2OSi. The third-order valence-corrected chi connectivity index (χ3v) is 6.93. The summed E-state index contributed by atoms with van der Waals surface area (Å²) in [6.45, 7) is 10.1. The molecule has 1 atom stereocenters. The summed E-state index contributed by atoms with van der Waals surface area (Å²) in [7, 11) is -0.157. The molecule has 0 radical (unpaired) electrons. The fourth-order valence-electron chi connectivity index (χ4n) is 2.69. The fourth-order valence-corrected chi connectivity index (χ4v) is 4.70. The number of nitrogens with one attached hydrogen (secondary N) is 1. The summed E-state index contributed by atoms with van der Waals surface area (Å²) < 4.78 is 20.6. The van der Waals surface area contributed by atoms with E-state index in [4.69, 9.17) is 4.74 Å². The normalized spacial score (nSPS) is 12.5. The lowest BCUT2D eigenvalue weighted by Crippen LogP contribution is -2.41. The van der Waals surface area contributed by atoms with Crippen LogP contribution >= 0.6 is 15.9 Å². The maximum Gasteiger partial charge on any atom is 0.140 e. The number of hydrogen-bond acceptors (Lipinski definition) is 3. The van der Waals surface area contributed by atoms with Crippen molar-refractivity contribution in [3.63, 3.8) is 0 Å². The number of methoxy groups -OCH3 is 1. The molecule has 0 bridgehead atoms. The summed E-state index contributed by atoms with van der Waals surface area (Å²) in [5, 5.41) is 4.19. The molecule has 3 nitrogen and oxygen atoms in total. The molecule has 1 N–H and O–H groups in total. The molecule has 2 aromatic rings. The molecule has 26 heavy (non-hydrogen) atoms. The second-order valence-electron chi connectivity index (χ2n) is 7.23. The van der Waals surface area contributed by atoms with E-state index in [-0.39, 0.29) is 11.9 Å². The average molecular weight is 437 g/mol. The second-order valence-corrected chi connectivity index (χ2v) is 13.1. The van der Waals surface area contributed by atoms with E-state index in [2.05, 4.69) is 52.5 Å². The zero-order chi connectivity index (χ0) is 19.3. The molecule has 0 saturated carbocycles. The van der Waals surface area contributed by atoms with Gasteiger partial charge in [0.1, 0.15) is 11.6 Å². The van der Waals surface area contributed by atoms with Gasteiger partial charge in [0, 0.05) is 11.9 Å². The largest absolute Gasteiger partial charge is 0.497 e. The van der Waals surface area contributed by atoms with Crippen molar-refractivity contribution in [2.45, 2.75) is 38.5 Å². The van der Waals surface area contributed by atoms with Crippen LogP contribution in [0.25, 0.3) is 0 Å². The zero-order valence-electron chi connectivity index (χ0n) is 15.8. The summed E-state index contributed by atoms with van der Waals surface area (Å²) >= 11 is 3.45. The summed E-state index contributed by atoms with van der Waals surface area (Å²) in [6, 6.07) is 7.55. The van der Waals surface area contributed by atoms with Crippen LogP contribution < -0.4 is 15.2 Å². The van der Waals surface area contributed by atoms with Crippen molar-refractivity contribution in [2.24, 2.45) is 0 Å². The lowest BCUT2D eigenvalue weighted by atomic mass is 10.1. The van der Waals surface area contributed by atoms with Crippen molar-refractivity contribution >= 4 is 34.9 Å². The van der Waals surface area contributed by atoms with Gasteiger partial charge in [-0.15, -0.1) is 6.58 Å². The minimum atomic E-state index is -1.80. The first kappa shape index (κ1) is 20.6. The maximum absolute atomic E-state index is 15.0. The van der Waals surface area contributed by atoms with Crippen molar-refractivity contribution in [3.05, 3.63) is 59.1 Å². The van der Waals surface area contributed by atoms with Gasteiger partial charge in [0.15, 0.2) is 0 Å². The van der Waals surface area contributed by atoms with E-state index in [1.807, 2.05) is 30.3 Å². The van der Waals surface area contributed by atoms with Crippen LogP contribution in [0.3, 0.4) is 0 Å². The van der Waals surface area contributed by atoms with E-state index in [1.165, 1.54) is 0 Å². The van der Waals surface area contributed by atoms with E-state index < -0.39 is 8.07 Å². The molecule has 0 aliphatic carbocycles. The van der Waals surface area contributed by atoms with E-state index in [0.717, 1.165) is 29.5 Å². The van der Waals surface area contributed by atoms with Gasteiger partial charge >= 0.3 is 0 Å². The molecule has 6 heteroatoms. The Bertz CT molecular complexity index is 760. The molecule has 0 unspecified atom stereocenters. The molecule has 0 aliphatic heterocycles. The molecule has 1 aromatic carbocycles. The maximum atomic E-state index is 15.0. The smallest absolute Gasteiger partial charge is 0.140 e. The Labute approximate surface area is 164 Å². The first-order valence-corrected chi connectivity index (χ1v) is 12.9. The molecule has 1 aromatic heterocycles. The molecular weight excluding hydrogens is 411 g/mol. The number of pyridine rings is 1. The van der Waals surface area contributed by atoms with Crippen LogP contribution in [-0.4, -0.2) is 20.2 Å². The van der Waals surface area contributed by atoms with Gasteiger partial charge in [0.05, 0.1) is 31.4 Å². The van der Waals surface area contributed by atoms with Crippen LogP contribution in [0.1, 0.15) is 24.6 Å². The van der Waals surface area contributed by atoms with Crippen LogP contribution in [0.15, 0.2) is 47.6 Å². The number of ether oxygens (including phenoxy) is 1. The highest BCUT2D eigenvalue weighted by atomic mass is 79.9.